The van der Waals surface area contributed by atoms with Crippen molar-refractivity contribution in [2.45, 2.75) is 25.0 Å². The Hall–Kier alpha value is -3.06. The molecular weight excluding hydrogens is 332 g/mol. The van der Waals surface area contributed by atoms with Crippen molar-refractivity contribution in [3.63, 3.8) is 0 Å². The van der Waals surface area contributed by atoms with Crippen LogP contribution in [0.4, 0.5) is 0 Å². The highest BCUT2D eigenvalue weighted by molar-refractivity contribution is 5.93. The van der Waals surface area contributed by atoms with Crippen molar-refractivity contribution in [1.82, 2.24) is 20.3 Å². The zero-order valence-corrected chi connectivity index (χ0v) is 13.9. The van der Waals surface area contributed by atoms with E-state index in [1.165, 1.54) is 0 Å². The molecule has 7 heteroatoms. The molecule has 132 valence electrons. The number of carbonyl (C=O) groups excluding carboxylic acids is 1. The largest absolute Gasteiger partial charge is 0.393 e. The number of aromatic nitrogens is 3. The van der Waals surface area contributed by atoms with Gasteiger partial charge in [0, 0.05) is 6.20 Å². The first-order chi connectivity index (χ1) is 12.6. The number of fused-ring (bicyclic) bond motifs is 1. The monoisotopic (exact) mass is 350 g/mol. The average Bonchev–Trinajstić information content (AvgIpc) is 2.64. The van der Waals surface area contributed by atoms with E-state index in [2.05, 4.69) is 20.3 Å². The summed E-state index contributed by atoms with van der Waals surface area (Å²) in [6, 6.07) is 12.2. The fourth-order valence-electron chi connectivity index (χ4n) is 3.29. The maximum atomic E-state index is 12.7. The van der Waals surface area contributed by atoms with Crippen LogP contribution >= 0.6 is 0 Å². The van der Waals surface area contributed by atoms with Crippen LogP contribution < -0.4 is 10.9 Å². The van der Waals surface area contributed by atoms with Crippen molar-refractivity contribution >= 4 is 16.9 Å². The number of pyridine rings is 1. The van der Waals surface area contributed by atoms with E-state index >= 15 is 0 Å². The number of rotatable bonds is 4. The summed E-state index contributed by atoms with van der Waals surface area (Å²) in [7, 11) is 0. The lowest BCUT2D eigenvalue weighted by Gasteiger charge is -2.37. The molecule has 1 amide bonds. The second-order valence-electron chi connectivity index (χ2n) is 6.52. The molecule has 7 nitrogen and oxygen atoms in total. The van der Waals surface area contributed by atoms with Crippen molar-refractivity contribution in [3.05, 3.63) is 70.4 Å². The van der Waals surface area contributed by atoms with Crippen LogP contribution in [0.5, 0.6) is 0 Å². The molecule has 1 aliphatic rings. The molecule has 1 unspecified atom stereocenters. The summed E-state index contributed by atoms with van der Waals surface area (Å²) < 4.78 is 0. The van der Waals surface area contributed by atoms with Crippen molar-refractivity contribution < 1.29 is 9.90 Å². The molecule has 4 rings (SSSR count). The number of amides is 1. The van der Waals surface area contributed by atoms with E-state index in [1.807, 2.05) is 12.1 Å². The van der Waals surface area contributed by atoms with Gasteiger partial charge < -0.3 is 15.4 Å². The zero-order valence-electron chi connectivity index (χ0n) is 13.9. The number of nitrogens with one attached hydrogen (secondary N) is 2. The standard InChI is InChI=1S/C19H18N4O3/c24-12-9-11(10-12)16(15-7-3-4-8-20-15)23-19(26)17-18(25)22-14-6-2-1-5-13(14)21-17/h1-8,11-12,16,24H,9-10H2,(H,22,25)(H,23,26). The van der Waals surface area contributed by atoms with Crippen molar-refractivity contribution in [2.75, 3.05) is 0 Å². The normalized spacial score (nSPS) is 20.3. The number of hydrogen-bond acceptors (Lipinski definition) is 5. The number of para-hydroxylation sites is 2. The maximum absolute atomic E-state index is 12.7. The van der Waals surface area contributed by atoms with Crippen LogP contribution in [0.15, 0.2) is 53.5 Å². The molecule has 1 aliphatic carbocycles. The van der Waals surface area contributed by atoms with Gasteiger partial charge in [-0.3, -0.25) is 14.6 Å². The highest BCUT2D eigenvalue weighted by atomic mass is 16.3. The lowest BCUT2D eigenvalue weighted by atomic mass is 9.76. The van der Waals surface area contributed by atoms with Gasteiger partial charge in [-0.05, 0) is 43.0 Å². The molecule has 1 fully saturated rings. The summed E-state index contributed by atoms with van der Waals surface area (Å²) in [4.78, 5) is 36.2. The molecule has 2 aromatic heterocycles. The maximum Gasteiger partial charge on any atom is 0.280 e. The summed E-state index contributed by atoms with van der Waals surface area (Å²) in [6.45, 7) is 0. The van der Waals surface area contributed by atoms with Gasteiger partial charge in [0.25, 0.3) is 11.5 Å². The number of H-pyrrole nitrogens is 1. The molecule has 26 heavy (non-hydrogen) atoms. The van der Waals surface area contributed by atoms with Gasteiger partial charge in [-0.15, -0.1) is 0 Å². The molecule has 1 saturated carbocycles. The number of aromatic amines is 1. The number of aliphatic hydroxyl groups excluding tert-OH is 1. The third-order valence-corrected chi connectivity index (χ3v) is 4.73. The lowest BCUT2D eigenvalue weighted by Crippen LogP contribution is -2.43. The molecule has 3 aromatic rings. The second kappa shape index (κ2) is 6.68. The molecular formula is C19H18N4O3. The van der Waals surface area contributed by atoms with Gasteiger partial charge >= 0.3 is 0 Å². The van der Waals surface area contributed by atoms with Crippen LogP contribution in [-0.2, 0) is 0 Å². The fourth-order valence-corrected chi connectivity index (χ4v) is 3.29. The van der Waals surface area contributed by atoms with E-state index in [9.17, 15) is 14.7 Å². The molecule has 0 saturated heterocycles. The molecule has 2 heterocycles. The quantitative estimate of drug-likeness (QED) is 0.662. The van der Waals surface area contributed by atoms with Gasteiger partial charge in [0.1, 0.15) is 0 Å². The lowest BCUT2D eigenvalue weighted by molar-refractivity contribution is 0.0227. The first-order valence-electron chi connectivity index (χ1n) is 8.51. The van der Waals surface area contributed by atoms with Crippen molar-refractivity contribution in [3.8, 4) is 0 Å². The molecule has 0 spiro atoms. The van der Waals surface area contributed by atoms with Gasteiger partial charge in [0.05, 0.1) is 28.9 Å². The molecule has 1 aromatic carbocycles. The third kappa shape index (κ3) is 3.09. The highest BCUT2D eigenvalue weighted by Crippen LogP contribution is 2.37. The van der Waals surface area contributed by atoms with E-state index in [-0.39, 0.29) is 23.8 Å². The predicted molar refractivity (Wildman–Crippen MR) is 95.5 cm³/mol. The first-order valence-corrected chi connectivity index (χ1v) is 8.51. The van der Waals surface area contributed by atoms with Crippen LogP contribution in [0.2, 0.25) is 0 Å². The minimum atomic E-state index is -0.547. The Kier molecular flexibility index (Phi) is 4.22. The Morgan fingerprint density at radius 2 is 1.96 bits per heavy atom. The van der Waals surface area contributed by atoms with Gasteiger partial charge in [0.15, 0.2) is 5.69 Å². The molecule has 0 aliphatic heterocycles. The SMILES string of the molecule is O=C(NC(c1ccccn1)C1CC(O)C1)c1nc2ccccc2[nH]c1=O. The number of nitrogens with zero attached hydrogens (tertiary/aromatic N) is 2. The van der Waals surface area contributed by atoms with Gasteiger partial charge in [-0.2, -0.15) is 0 Å². The Balaban J connectivity index is 1.64. The Labute approximate surface area is 149 Å². The summed E-state index contributed by atoms with van der Waals surface area (Å²) in [5.41, 5.74) is 1.12. The first kappa shape index (κ1) is 16.4. The Morgan fingerprint density at radius 3 is 2.69 bits per heavy atom. The Morgan fingerprint density at radius 1 is 1.19 bits per heavy atom. The zero-order chi connectivity index (χ0) is 18.1. The van der Waals surface area contributed by atoms with Crippen LogP contribution in [0.1, 0.15) is 35.1 Å². The van der Waals surface area contributed by atoms with E-state index in [0.29, 0.717) is 29.6 Å². The van der Waals surface area contributed by atoms with Gasteiger partial charge in [-0.25, -0.2) is 4.98 Å². The molecule has 0 radical (unpaired) electrons. The molecule has 0 bridgehead atoms. The third-order valence-electron chi connectivity index (χ3n) is 4.73. The van der Waals surface area contributed by atoms with Gasteiger partial charge in [0.2, 0.25) is 0 Å². The highest BCUT2D eigenvalue weighted by Gasteiger charge is 2.36. The van der Waals surface area contributed by atoms with Crippen molar-refractivity contribution in [2.24, 2.45) is 5.92 Å². The fraction of sp³-hybridized carbons (Fsp3) is 0.263. The number of aliphatic hydroxyl groups is 1. The van der Waals surface area contributed by atoms with E-state index in [4.69, 9.17) is 0 Å². The number of benzene rings is 1. The molecule has 3 N–H and O–H groups in total. The second-order valence-corrected chi connectivity index (χ2v) is 6.52. The van der Waals surface area contributed by atoms with E-state index < -0.39 is 11.5 Å². The number of carbonyl (C=O) groups is 1. The average molecular weight is 350 g/mol. The van der Waals surface area contributed by atoms with Crippen LogP contribution in [0.3, 0.4) is 0 Å². The van der Waals surface area contributed by atoms with Crippen LogP contribution in [-0.4, -0.2) is 32.1 Å². The topological polar surface area (TPSA) is 108 Å². The predicted octanol–water partition coefficient (Wildman–Crippen LogP) is 1.56. The van der Waals surface area contributed by atoms with Crippen LogP contribution in [0.25, 0.3) is 11.0 Å². The number of hydrogen-bond donors (Lipinski definition) is 3. The Bertz CT molecular complexity index is 996. The van der Waals surface area contributed by atoms with E-state index in [1.54, 1.807) is 36.5 Å². The van der Waals surface area contributed by atoms with Crippen molar-refractivity contribution in [1.29, 1.82) is 0 Å². The van der Waals surface area contributed by atoms with Gasteiger partial charge in [-0.1, -0.05) is 18.2 Å². The summed E-state index contributed by atoms with van der Waals surface area (Å²) >= 11 is 0. The minimum absolute atomic E-state index is 0.0726. The minimum Gasteiger partial charge on any atom is -0.393 e. The smallest absolute Gasteiger partial charge is 0.280 e. The summed E-state index contributed by atoms with van der Waals surface area (Å²) in [5, 5.41) is 12.5. The van der Waals surface area contributed by atoms with Crippen LogP contribution in [0, 0.1) is 5.92 Å². The molecule has 1 atom stereocenters. The van der Waals surface area contributed by atoms with E-state index in [0.717, 1.165) is 0 Å². The summed E-state index contributed by atoms with van der Waals surface area (Å²) in [5.74, 6) is -0.475. The summed E-state index contributed by atoms with van der Waals surface area (Å²) in [6.07, 6.45) is 2.47.